The Bertz CT molecular complexity index is 114. The van der Waals surface area contributed by atoms with Gasteiger partial charge in [-0.2, -0.15) is 0 Å². The Labute approximate surface area is 68.6 Å². The van der Waals surface area contributed by atoms with Crippen molar-refractivity contribution in [3.05, 3.63) is 38.0 Å². The van der Waals surface area contributed by atoms with Gasteiger partial charge in [0.05, 0.1) is 0 Å². The molecule has 0 spiro atoms. The third kappa shape index (κ3) is 53.7. The van der Waals surface area contributed by atoms with Gasteiger partial charge in [0.1, 0.15) is 0 Å². The maximum absolute atomic E-state index is 9.60. The first-order valence-corrected chi connectivity index (χ1v) is 3.02. The van der Waals surface area contributed by atoms with Crippen LogP contribution in [0.2, 0.25) is 0 Å². The van der Waals surface area contributed by atoms with Crippen LogP contribution in [0.5, 0.6) is 0 Å². The zero-order valence-electron chi connectivity index (χ0n) is 7.26. The Kier molecular flexibility index (Phi) is 23.6. The Hall–Kier alpha value is -1.31. The monoisotopic (exact) mass is 156 g/mol. The van der Waals surface area contributed by atoms with Crippen LogP contribution in [0.25, 0.3) is 0 Å². The van der Waals surface area contributed by atoms with Gasteiger partial charge in [0, 0.05) is 5.57 Å². The number of aliphatic carboxylic acids is 1. The van der Waals surface area contributed by atoms with Crippen molar-refractivity contribution < 1.29 is 9.90 Å². The largest absolute Gasteiger partial charge is 0.478 e. The molecule has 64 valence electrons. The van der Waals surface area contributed by atoms with Crippen molar-refractivity contribution in [2.24, 2.45) is 0 Å². The summed E-state index contributed by atoms with van der Waals surface area (Å²) in [6.07, 6.45) is 1.75. The lowest BCUT2D eigenvalue weighted by Gasteiger charge is -1.79. The highest BCUT2D eigenvalue weighted by atomic mass is 16.4. The number of hydrogen-bond acceptors (Lipinski definition) is 1. The summed E-state index contributed by atoms with van der Waals surface area (Å²) in [7, 11) is 0. The van der Waals surface area contributed by atoms with Crippen molar-refractivity contribution in [3.8, 4) is 0 Å². The molecule has 0 aromatic heterocycles. The Morgan fingerprint density at radius 3 is 1.55 bits per heavy atom. The lowest BCUT2D eigenvalue weighted by molar-refractivity contribution is -0.132. The van der Waals surface area contributed by atoms with Crippen LogP contribution < -0.4 is 0 Å². The second-order valence-corrected chi connectivity index (χ2v) is 1.49. The second kappa shape index (κ2) is 15.9. The van der Waals surface area contributed by atoms with Crippen LogP contribution in [0.3, 0.4) is 0 Å². The van der Waals surface area contributed by atoms with E-state index in [0.717, 1.165) is 0 Å². The van der Waals surface area contributed by atoms with E-state index in [4.69, 9.17) is 5.11 Å². The smallest absolute Gasteiger partial charge is 0.330 e. The van der Waals surface area contributed by atoms with Gasteiger partial charge in [-0.3, -0.25) is 0 Å². The van der Waals surface area contributed by atoms with Gasteiger partial charge in [-0.25, -0.2) is 4.79 Å². The molecule has 1 N–H and O–H groups in total. The molecule has 0 aliphatic carbocycles. The summed E-state index contributed by atoms with van der Waals surface area (Å²) in [5, 5.41) is 7.89. The molecule has 0 fully saturated rings. The number of carbonyl (C=O) groups is 1. The molecule has 0 rings (SSSR count). The zero-order valence-corrected chi connectivity index (χ0v) is 7.26. The van der Waals surface area contributed by atoms with Crippen LogP contribution in [-0.2, 0) is 4.79 Å². The van der Waals surface area contributed by atoms with E-state index in [1.54, 1.807) is 6.08 Å². The summed E-state index contributed by atoms with van der Waals surface area (Å²) in [6, 6.07) is 0. The molecule has 2 nitrogen and oxygen atoms in total. The minimum absolute atomic E-state index is 0.176. The molecular weight excluding hydrogens is 140 g/mol. The quantitative estimate of drug-likeness (QED) is 0.468. The van der Waals surface area contributed by atoms with E-state index < -0.39 is 5.97 Å². The summed E-state index contributed by atoms with van der Waals surface area (Å²) >= 11 is 0. The predicted molar refractivity (Wildman–Crippen MR) is 49.6 cm³/mol. The lowest BCUT2D eigenvalue weighted by Crippen LogP contribution is -1.92. The molecule has 0 amide bonds. The van der Waals surface area contributed by atoms with Crippen LogP contribution >= 0.6 is 0 Å². The molecule has 2 heteroatoms. The van der Waals surface area contributed by atoms with Gasteiger partial charge < -0.3 is 5.11 Å². The van der Waals surface area contributed by atoms with Crippen molar-refractivity contribution in [2.75, 3.05) is 0 Å². The van der Waals surface area contributed by atoms with Crippen molar-refractivity contribution in [1.82, 2.24) is 0 Å². The van der Waals surface area contributed by atoms with Crippen LogP contribution in [0.15, 0.2) is 38.0 Å². The minimum Gasteiger partial charge on any atom is -0.478 e. The van der Waals surface area contributed by atoms with E-state index in [2.05, 4.69) is 26.3 Å². The summed E-state index contributed by atoms with van der Waals surface area (Å²) in [5.74, 6) is -0.935. The maximum Gasteiger partial charge on any atom is 0.330 e. The molecular formula is C9H16O2. The van der Waals surface area contributed by atoms with E-state index in [9.17, 15) is 4.79 Å². The number of hydrogen-bond donors (Lipinski definition) is 1. The molecule has 0 unspecified atom stereocenters. The molecule has 0 aliphatic rings. The molecule has 0 aromatic rings. The summed E-state index contributed by atoms with van der Waals surface area (Å²) in [6.45, 7) is 15.9. The highest BCUT2D eigenvalue weighted by Crippen LogP contribution is 1.81. The fourth-order valence-electron chi connectivity index (χ4n) is 0. The molecule has 11 heavy (non-hydrogen) atoms. The first kappa shape index (κ1) is 16.3. The molecule has 0 aromatic carbocycles. The molecule has 0 radical (unpaired) electrons. The van der Waals surface area contributed by atoms with E-state index in [1.807, 2.05) is 6.92 Å². The highest BCUT2D eigenvalue weighted by Gasteiger charge is 1.90. The van der Waals surface area contributed by atoms with Crippen LogP contribution in [0.1, 0.15) is 13.8 Å². The first-order valence-electron chi connectivity index (χ1n) is 3.02. The SMILES string of the molecule is C=C.C=C(C)C(=O)O.C=CC. The zero-order chi connectivity index (χ0) is 9.86. The molecule has 0 saturated carbocycles. The average molecular weight is 156 g/mol. The summed E-state index contributed by atoms with van der Waals surface area (Å²) < 4.78 is 0. The van der Waals surface area contributed by atoms with Gasteiger partial charge in [-0.15, -0.1) is 19.7 Å². The Morgan fingerprint density at radius 2 is 1.55 bits per heavy atom. The van der Waals surface area contributed by atoms with Gasteiger partial charge in [-0.05, 0) is 13.8 Å². The van der Waals surface area contributed by atoms with Gasteiger partial charge in [0.25, 0.3) is 0 Å². The van der Waals surface area contributed by atoms with Crippen LogP contribution in [0, 0.1) is 0 Å². The number of allylic oxidation sites excluding steroid dienone is 1. The summed E-state index contributed by atoms with van der Waals surface area (Å²) in [4.78, 5) is 9.60. The maximum atomic E-state index is 9.60. The number of rotatable bonds is 1. The third-order valence-electron chi connectivity index (χ3n) is 0.365. The molecule has 0 aliphatic heterocycles. The van der Waals surface area contributed by atoms with Crippen molar-refractivity contribution in [2.45, 2.75) is 13.8 Å². The lowest BCUT2D eigenvalue weighted by atomic mass is 10.4. The Morgan fingerprint density at radius 1 is 1.45 bits per heavy atom. The number of carboxylic acids is 1. The van der Waals surface area contributed by atoms with Gasteiger partial charge >= 0.3 is 5.97 Å². The van der Waals surface area contributed by atoms with Crippen LogP contribution in [0.4, 0.5) is 0 Å². The van der Waals surface area contributed by atoms with Crippen molar-refractivity contribution >= 4 is 5.97 Å². The second-order valence-electron chi connectivity index (χ2n) is 1.49. The van der Waals surface area contributed by atoms with Crippen molar-refractivity contribution in [3.63, 3.8) is 0 Å². The van der Waals surface area contributed by atoms with E-state index in [1.165, 1.54) is 6.92 Å². The van der Waals surface area contributed by atoms with Crippen molar-refractivity contribution in [1.29, 1.82) is 0 Å². The molecule has 0 bridgehead atoms. The number of carboxylic acid groups (broad SMARTS) is 1. The molecule has 0 saturated heterocycles. The fraction of sp³-hybridized carbons (Fsp3) is 0.222. The first-order chi connectivity index (χ1) is 5.06. The van der Waals surface area contributed by atoms with Gasteiger partial charge in [-0.1, -0.05) is 12.7 Å². The molecule has 0 heterocycles. The van der Waals surface area contributed by atoms with E-state index in [-0.39, 0.29) is 5.57 Å². The average Bonchev–Trinajstić information content (AvgIpc) is 1.93. The topological polar surface area (TPSA) is 37.3 Å². The normalized spacial score (nSPS) is 5.64. The summed E-state index contributed by atoms with van der Waals surface area (Å²) in [5.41, 5.74) is 0.176. The van der Waals surface area contributed by atoms with E-state index in [0.29, 0.717) is 0 Å². The van der Waals surface area contributed by atoms with E-state index >= 15 is 0 Å². The highest BCUT2D eigenvalue weighted by molar-refractivity contribution is 5.84. The molecule has 0 atom stereocenters. The third-order valence-corrected chi connectivity index (χ3v) is 0.365. The minimum atomic E-state index is -0.935. The Balaban J connectivity index is -0.000000109. The van der Waals surface area contributed by atoms with Gasteiger partial charge in [0.15, 0.2) is 0 Å². The fourth-order valence-corrected chi connectivity index (χ4v) is 0. The van der Waals surface area contributed by atoms with Gasteiger partial charge in [0.2, 0.25) is 0 Å². The standard InChI is InChI=1S/C4H6O2.C3H6.C2H4/c1-3(2)4(5)6;1-3-2;1-2/h1H2,2H3,(H,5,6);3H,1H2,2H3;1-2H2. The van der Waals surface area contributed by atoms with Crippen LogP contribution in [-0.4, -0.2) is 11.1 Å². The predicted octanol–water partition coefficient (Wildman–Crippen LogP) is 2.64.